The molecule has 1 unspecified atom stereocenters. The van der Waals surface area contributed by atoms with Crippen LogP contribution < -0.4 is 10.1 Å². The van der Waals surface area contributed by atoms with Crippen molar-refractivity contribution in [3.8, 4) is 5.75 Å². The van der Waals surface area contributed by atoms with Crippen molar-refractivity contribution in [2.45, 2.75) is 26.1 Å². The first-order valence-corrected chi connectivity index (χ1v) is 6.30. The van der Waals surface area contributed by atoms with Crippen LogP contribution in [0.15, 0.2) is 18.3 Å². The molecule has 0 bridgehead atoms. The largest absolute Gasteiger partial charge is 0.487 e. The normalized spacial score (nSPS) is 19.8. The highest BCUT2D eigenvalue weighted by atomic mass is 16.6. The molecule has 1 atom stereocenters. The first-order chi connectivity index (χ1) is 8.75. The van der Waals surface area contributed by atoms with E-state index in [2.05, 4.69) is 10.3 Å². The van der Waals surface area contributed by atoms with E-state index in [1.807, 2.05) is 26.0 Å². The summed E-state index contributed by atoms with van der Waals surface area (Å²) in [6.45, 7) is 6.63. The molecular formula is C13H20N2O3. The van der Waals surface area contributed by atoms with Crippen LogP contribution in [0.4, 0.5) is 5.82 Å². The molecule has 1 aliphatic heterocycles. The number of anilines is 1. The lowest BCUT2D eigenvalue weighted by atomic mass is 10.3. The Hall–Kier alpha value is -1.33. The van der Waals surface area contributed by atoms with Crippen molar-refractivity contribution in [3.63, 3.8) is 0 Å². The standard InChI is InChI=1S/C13H20N2O3/c1-10(2)18-12-4-3-5-14-13(12)15-8-11-9-16-6-7-17-11/h3-5,10-11H,6-9H2,1-2H3,(H,14,15). The Balaban J connectivity index is 1.91. The van der Waals surface area contributed by atoms with E-state index in [9.17, 15) is 0 Å². The minimum Gasteiger partial charge on any atom is -0.487 e. The van der Waals surface area contributed by atoms with Crippen molar-refractivity contribution >= 4 is 5.82 Å². The Morgan fingerprint density at radius 2 is 2.39 bits per heavy atom. The van der Waals surface area contributed by atoms with Crippen LogP contribution in [0.3, 0.4) is 0 Å². The van der Waals surface area contributed by atoms with Crippen LogP contribution in [0.25, 0.3) is 0 Å². The zero-order valence-corrected chi connectivity index (χ0v) is 10.9. The van der Waals surface area contributed by atoms with Crippen molar-refractivity contribution in [1.29, 1.82) is 0 Å². The summed E-state index contributed by atoms with van der Waals surface area (Å²) in [6, 6.07) is 3.77. The lowest BCUT2D eigenvalue weighted by Crippen LogP contribution is -2.34. The fourth-order valence-corrected chi connectivity index (χ4v) is 1.74. The maximum atomic E-state index is 5.69. The molecule has 0 amide bonds. The van der Waals surface area contributed by atoms with E-state index >= 15 is 0 Å². The molecular weight excluding hydrogens is 232 g/mol. The summed E-state index contributed by atoms with van der Waals surface area (Å²) < 4.78 is 16.6. The van der Waals surface area contributed by atoms with Gasteiger partial charge in [0.15, 0.2) is 11.6 Å². The molecule has 5 nitrogen and oxygen atoms in total. The molecule has 1 aliphatic rings. The van der Waals surface area contributed by atoms with Gasteiger partial charge in [0, 0.05) is 12.7 Å². The predicted molar refractivity (Wildman–Crippen MR) is 69.0 cm³/mol. The summed E-state index contributed by atoms with van der Waals surface area (Å²) >= 11 is 0. The number of nitrogens with zero attached hydrogens (tertiary/aromatic N) is 1. The monoisotopic (exact) mass is 252 g/mol. The molecule has 0 saturated carbocycles. The summed E-state index contributed by atoms with van der Waals surface area (Å²) in [6.07, 6.45) is 1.95. The second-order valence-electron chi connectivity index (χ2n) is 4.47. The molecule has 1 N–H and O–H groups in total. The quantitative estimate of drug-likeness (QED) is 0.864. The van der Waals surface area contributed by atoms with Crippen LogP contribution in [0.5, 0.6) is 5.75 Å². The van der Waals surface area contributed by atoms with Gasteiger partial charge in [-0.15, -0.1) is 0 Å². The summed E-state index contributed by atoms with van der Waals surface area (Å²) in [5, 5.41) is 3.25. The molecule has 0 radical (unpaired) electrons. The average Bonchev–Trinajstić information content (AvgIpc) is 2.38. The number of pyridine rings is 1. The van der Waals surface area contributed by atoms with Gasteiger partial charge in [-0.3, -0.25) is 0 Å². The molecule has 0 spiro atoms. The minimum absolute atomic E-state index is 0.0765. The van der Waals surface area contributed by atoms with Crippen LogP contribution in [0.2, 0.25) is 0 Å². The number of hydrogen-bond acceptors (Lipinski definition) is 5. The van der Waals surface area contributed by atoms with Crippen molar-refractivity contribution in [3.05, 3.63) is 18.3 Å². The molecule has 2 rings (SSSR count). The first kappa shape index (κ1) is 13.1. The number of ether oxygens (including phenoxy) is 3. The first-order valence-electron chi connectivity index (χ1n) is 6.30. The number of rotatable bonds is 5. The molecule has 1 saturated heterocycles. The van der Waals surface area contributed by atoms with Crippen LogP contribution in [0, 0.1) is 0 Å². The third kappa shape index (κ3) is 3.85. The second-order valence-corrected chi connectivity index (χ2v) is 4.47. The Morgan fingerprint density at radius 3 is 3.11 bits per heavy atom. The van der Waals surface area contributed by atoms with Gasteiger partial charge in [-0.1, -0.05) is 0 Å². The lowest BCUT2D eigenvalue weighted by Gasteiger charge is -2.23. The van der Waals surface area contributed by atoms with E-state index in [1.54, 1.807) is 6.20 Å². The number of nitrogens with one attached hydrogen (secondary N) is 1. The molecule has 1 aromatic heterocycles. The average molecular weight is 252 g/mol. The molecule has 1 aromatic rings. The minimum atomic E-state index is 0.0765. The van der Waals surface area contributed by atoms with Gasteiger partial charge in [-0.05, 0) is 26.0 Å². The fraction of sp³-hybridized carbons (Fsp3) is 0.615. The van der Waals surface area contributed by atoms with Crippen LogP contribution in [0.1, 0.15) is 13.8 Å². The van der Waals surface area contributed by atoms with Gasteiger partial charge in [-0.25, -0.2) is 4.98 Å². The summed E-state index contributed by atoms with van der Waals surface area (Å²) in [5.74, 6) is 1.52. The van der Waals surface area contributed by atoms with Gasteiger partial charge in [0.1, 0.15) is 0 Å². The van der Waals surface area contributed by atoms with E-state index in [4.69, 9.17) is 14.2 Å². The van der Waals surface area contributed by atoms with Crippen molar-refractivity contribution in [2.24, 2.45) is 0 Å². The third-order valence-corrected chi connectivity index (χ3v) is 2.52. The van der Waals surface area contributed by atoms with Crippen molar-refractivity contribution < 1.29 is 14.2 Å². The Kier molecular flexibility index (Phi) is 4.78. The predicted octanol–water partition coefficient (Wildman–Crippen LogP) is 1.70. The van der Waals surface area contributed by atoms with Gasteiger partial charge in [0.25, 0.3) is 0 Å². The zero-order chi connectivity index (χ0) is 12.8. The summed E-state index contributed by atoms with van der Waals surface area (Å²) in [4.78, 5) is 4.28. The SMILES string of the molecule is CC(C)Oc1cccnc1NCC1COCCO1. The maximum Gasteiger partial charge on any atom is 0.168 e. The smallest absolute Gasteiger partial charge is 0.168 e. The van der Waals surface area contributed by atoms with E-state index in [-0.39, 0.29) is 12.2 Å². The Labute approximate surface area is 107 Å². The lowest BCUT2D eigenvalue weighted by molar-refractivity contribution is -0.0819. The highest BCUT2D eigenvalue weighted by Gasteiger charge is 2.15. The molecule has 5 heteroatoms. The van der Waals surface area contributed by atoms with E-state index in [0.29, 0.717) is 26.4 Å². The van der Waals surface area contributed by atoms with Gasteiger partial charge in [0.05, 0.1) is 32.0 Å². The number of hydrogen-bond donors (Lipinski definition) is 1. The highest BCUT2D eigenvalue weighted by Crippen LogP contribution is 2.22. The Bertz CT molecular complexity index is 365. The fourth-order valence-electron chi connectivity index (χ4n) is 1.74. The second kappa shape index (κ2) is 6.56. The van der Waals surface area contributed by atoms with E-state index in [1.165, 1.54) is 0 Å². The van der Waals surface area contributed by atoms with Gasteiger partial charge in [-0.2, -0.15) is 0 Å². The van der Waals surface area contributed by atoms with E-state index < -0.39 is 0 Å². The van der Waals surface area contributed by atoms with Crippen LogP contribution in [-0.2, 0) is 9.47 Å². The molecule has 100 valence electrons. The molecule has 2 heterocycles. The van der Waals surface area contributed by atoms with Gasteiger partial charge in [0.2, 0.25) is 0 Å². The molecule has 0 aromatic carbocycles. The Morgan fingerprint density at radius 1 is 1.50 bits per heavy atom. The van der Waals surface area contributed by atoms with E-state index in [0.717, 1.165) is 11.6 Å². The third-order valence-electron chi connectivity index (χ3n) is 2.52. The zero-order valence-electron chi connectivity index (χ0n) is 10.9. The summed E-state index contributed by atoms with van der Waals surface area (Å²) in [5.41, 5.74) is 0. The van der Waals surface area contributed by atoms with Gasteiger partial charge >= 0.3 is 0 Å². The summed E-state index contributed by atoms with van der Waals surface area (Å²) in [7, 11) is 0. The molecule has 0 aliphatic carbocycles. The van der Waals surface area contributed by atoms with Crippen molar-refractivity contribution in [2.75, 3.05) is 31.7 Å². The van der Waals surface area contributed by atoms with Crippen molar-refractivity contribution in [1.82, 2.24) is 4.98 Å². The number of aromatic nitrogens is 1. The van der Waals surface area contributed by atoms with Crippen LogP contribution >= 0.6 is 0 Å². The topological polar surface area (TPSA) is 52.6 Å². The molecule has 1 fully saturated rings. The highest BCUT2D eigenvalue weighted by molar-refractivity contribution is 5.49. The maximum absolute atomic E-state index is 5.69. The molecule has 18 heavy (non-hydrogen) atoms. The van der Waals surface area contributed by atoms with Crippen LogP contribution in [-0.4, -0.2) is 43.6 Å². The van der Waals surface area contributed by atoms with Gasteiger partial charge < -0.3 is 19.5 Å².